The highest BCUT2D eigenvalue weighted by Gasteiger charge is 2.45. The molecule has 2 atom stereocenters. The molecule has 1 aliphatic heterocycles. The van der Waals surface area contributed by atoms with Gasteiger partial charge < -0.3 is 4.90 Å². The summed E-state index contributed by atoms with van der Waals surface area (Å²) in [6.45, 7) is 0. The fourth-order valence-corrected chi connectivity index (χ4v) is 4.53. The molecule has 0 fully saturated rings. The van der Waals surface area contributed by atoms with Gasteiger partial charge in [0.05, 0.1) is 6.04 Å². The maximum absolute atomic E-state index is 13.4. The molecule has 0 N–H and O–H groups in total. The third-order valence-electron chi connectivity index (χ3n) is 5.77. The van der Waals surface area contributed by atoms with E-state index in [2.05, 4.69) is 0 Å². The second-order valence-corrected chi connectivity index (χ2v) is 7.21. The Labute approximate surface area is 158 Å². The van der Waals surface area contributed by atoms with E-state index in [1.54, 1.807) is 0 Å². The Morgan fingerprint density at radius 3 is 2.22 bits per heavy atom. The molecule has 0 spiro atoms. The Morgan fingerprint density at radius 1 is 0.741 bits per heavy atom. The van der Waals surface area contributed by atoms with Gasteiger partial charge in [0.1, 0.15) is 0 Å². The van der Waals surface area contributed by atoms with E-state index >= 15 is 0 Å². The van der Waals surface area contributed by atoms with E-state index in [-0.39, 0.29) is 23.7 Å². The van der Waals surface area contributed by atoms with Gasteiger partial charge >= 0.3 is 0 Å². The maximum atomic E-state index is 13.4. The van der Waals surface area contributed by atoms with Crippen LogP contribution in [0.25, 0.3) is 0 Å². The first kappa shape index (κ1) is 16.0. The number of aryl methyl sites for hydroxylation is 1. The molecular weight excluding hydrogens is 334 g/mol. The number of rotatable bonds is 2. The topological polar surface area (TPSA) is 37.4 Å². The number of anilines is 1. The third kappa shape index (κ3) is 2.42. The predicted octanol–water partition coefficient (Wildman–Crippen LogP) is 4.83. The lowest BCUT2D eigenvalue weighted by molar-refractivity contribution is 0.0870. The average molecular weight is 353 g/mol. The van der Waals surface area contributed by atoms with Gasteiger partial charge in [-0.1, -0.05) is 60.7 Å². The van der Waals surface area contributed by atoms with Crippen LogP contribution in [0.4, 0.5) is 5.69 Å². The molecule has 3 aromatic rings. The standard InChI is InChI=1S/C24H19NO2/c26-23-18-11-5-4-8-16(18)14-15-21(23)22-19-12-6-7-13-20(19)24(27)25(22)17-9-2-1-3-10-17/h1-13,21-22H,14-15H2. The molecule has 1 heterocycles. The van der Waals surface area contributed by atoms with E-state index in [4.69, 9.17) is 0 Å². The lowest BCUT2D eigenvalue weighted by atomic mass is 9.77. The molecule has 132 valence electrons. The number of amides is 1. The van der Waals surface area contributed by atoms with Crippen LogP contribution >= 0.6 is 0 Å². The van der Waals surface area contributed by atoms with E-state index < -0.39 is 0 Å². The molecule has 2 aliphatic rings. The molecule has 3 nitrogen and oxygen atoms in total. The van der Waals surface area contributed by atoms with Crippen LogP contribution in [0.3, 0.4) is 0 Å². The fraction of sp³-hybridized carbons (Fsp3) is 0.167. The predicted molar refractivity (Wildman–Crippen MR) is 105 cm³/mol. The second-order valence-electron chi connectivity index (χ2n) is 7.21. The van der Waals surface area contributed by atoms with Gasteiger partial charge in [-0.15, -0.1) is 0 Å². The molecule has 27 heavy (non-hydrogen) atoms. The number of Topliss-reactive ketones (excluding diaryl/α,β-unsaturated/α-hetero) is 1. The molecule has 0 radical (unpaired) electrons. The molecule has 1 aliphatic carbocycles. The molecule has 3 heteroatoms. The summed E-state index contributed by atoms with van der Waals surface area (Å²) >= 11 is 0. The van der Waals surface area contributed by atoms with Crippen LogP contribution in [0.1, 0.15) is 44.3 Å². The maximum Gasteiger partial charge on any atom is 0.259 e. The molecule has 0 saturated carbocycles. The van der Waals surface area contributed by atoms with Crippen LogP contribution in [0.15, 0.2) is 78.9 Å². The van der Waals surface area contributed by atoms with E-state index in [9.17, 15) is 9.59 Å². The van der Waals surface area contributed by atoms with Crippen molar-refractivity contribution >= 4 is 17.4 Å². The van der Waals surface area contributed by atoms with Gasteiger partial charge in [-0.25, -0.2) is 0 Å². The summed E-state index contributed by atoms with van der Waals surface area (Å²) in [7, 11) is 0. The number of hydrogen-bond acceptors (Lipinski definition) is 2. The first-order valence-corrected chi connectivity index (χ1v) is 9.35. The number of fused-ring (bicyclic) bond motifs is 2. The van der Waals surface area contributed by atoms with Crippen molar-refractivity contribution in [3.05, 3.63) is 101 Å². The van der Waals surface area contributed by atoms with Crippen molar-refractivity contribution in [2.75, 3.05) is 4.90 Å². The Balaban J connectivity index is 1.64. The third-order valence-corrected chi connectivity index (χ3v) is 5.77. The Kier molecular flexibility index (Phi) is 3.68. The first-order valence-electron chi connectivity index (χ1n) is 9.35. The van der Waals surface area contributed by atoms with Crippen molar-refractivity contribution in [3.63, 3.8) is 0 Å². The van der Waals surface area contributed by atoms with Gasteiger partial charge in [0.15, 0.2) is 5.78 Å². The molecular formula is C24H19NO2. The minimum atomic E-state index is -0.253. The number of carbonyl (C=O) groups excluding carboxylic acids is 2. The quantitative estimate of drug-likeness (QED) is 0.661. The summed E-state index contributed by atoms with van der Waals surface area (Å²) in [5, 5.41) is 0. The van der Waals surface area contributed by atoms with E-state index in [1.165, 1.54) is 0 Å². The van der Waals surface area contributed by atoms with Crippen LogP contribution in [-0.4, -0.2) is 11.7 Å². The highest BCUT2D eigenvalue weighted by molar-refractivity contribution is 6.12. The molecule has 5 rings (SSSR count). The van der Waals surface area contributed by atoms with Crippen LogP contribution in [0, 0.1) is 5.92 Å². The van der Waals surface area contributed by atoms with Gasteiger partial charge in [-0.2, -0.15) is 0 Å². The Bertz CT molecular complexity index is 1040. The van der Waals surface area contributed by atoms with Crippen LogP contribution in [0.5, 0.6) is 0 Å². The summed E-state index contributed by atoms with van der Waals surface area (Å²) in [5.41, 5.74) is 4.43. The van der Waals surface area contributed by atoms with Crippen LogP contribution < -0.4 is 4.90 Å². The monoisotopic (exact) mass is 353 g/mol. The van der Waals surface area contributed by atoms with Gasteiger partial charge in [0.2, 0.25) is 0 Å². The minimum absolute atomic E-state index is 0.0199. The zero-order valence-electron chi connectivity index (χ0n) is 14.8. The zero-order valence-corrected chi connectivity index (χ0v) is 14.8. The largest absolute Gasteiger partial charge is 0.300 e. The zero-order chi connectivity index (χ0) is 18.4. The highest BCUT2D eigenvalue weighted by atomic mass is 16.2. The Morgan fingerprint density at radius 2 is 1.41 bits per heavy atom. The summed E-state index contributed by atoms with van der Waals surface area (Å²) in [6.07, 6.45) is 1.62. The summed E-state index contributed by atoms with van der Waals surface area (Å²) < 4.78 is 0. The molecule has 0 bridgehead atoms. The molecule has 1 amide bonds. The molecule has 3 aromatic carbocycles. The molecule has 2 unspecified atom stereocenters. The van der Waals surface area contributed by atoms with Gasteiger partial charge in [0, 0.05) is 22.7 Å². The smallest absolute Gasteiger partial charge is 0.259 e. The SMILES string of the molecule is O=C1c2ccccc2CCC1C1c2ccccc2C(=O)N1c1ccccc1. The Hall–Kier alpha value is -3.20. The fourth-order valence-electron chi connectivity index (χ4n) is 4.53. The first-order chi connectivity index (χ1) is 13.3. The summed E-state index contributed by atoms with van der Waals surface area (Å²) in [5.74, 6) is -0.103. The lowest BCUT2D eigenvalue weighted by Crippen LogP contribution is -2.37. The average Bonchev–Trinajstić information content (AvgIpc) is 3.02. The number of nitrogens with zero attached hydrogens (tertiary/aromatic N) is 1. The van der Waals surface area contributed by atoms with Crippen molar-refractivity contribution < 1.29 is 9.59 Å². The number of hydrogen-bond donors (Lipinski definition) is 0. The van der Waals surface area contributed by atoms with Gasteiger partial charge in [0.25, 0.3) is 5.91 Å². The second kappa shape index (κ2) is 6.20. The van der Waals surface area contributed by atoms with E-state index in [0.717, 1.165) is 35.2 Å². The van der Waals surface area contributed by atoms with Crippen molar-refractivity contribution in [1.29, 1.82) is 0 Å². The van der Waals surface area contributed by atoms with Crippen molar-refractivity contribution in [2.24, 2.45) is 5.92 Å². The van der Waals surface area contributed by atoms with Gasteiger partial charge in [-0.3, -0.25) is 9.59 Å². The van der Waals surface area contributed by atoms with Crippen molar-refractivity contribution in [3.8, 4) is 0 Å². The van der Waals surface area contributed by atoms with E-state index in [0.29, 0.717) is 5.56 Å². The number of para-hydroxylation sites is 1. The van der Waals surface area contributed by atoms with Gasteiger partial charge in [-0.05, 0) is 42.2 Å². The number of ketones is 1. The highest BCUT2D eigenvalue weighted by Crippen LogP contribution is 2.45. The molecule has 0 aromatic heterocycles. The number of benzene rings is 3. The van der Waals surface area contributed by atoms with Crippen molar-refractivity contribution in [1.82, 2.24) is 0 Å². The lowest BCUT2D eigenvalue weighted by Gasteiger charge is -2.34. The van der Waals surface area contributed by atoms with Crippen LogP contribution in [0.2, 0.25) is 0 Å². The summed E-state index contributed by atoms with van der Waals surface area (Å²) in [4.78, 5) is 28.4. The normalized spacial score (nSPS) is 21.1. The minimum Gasteiger partial charge on any atom is -0.300 e. The number of carbonyl (C=O) groups is 2. The van der Waals surface area contributed by atoms with E-state index in [1.807, 2.05) is 83.8 Å². The molecule has 0 saturated heterocycles. The van der Waals surface area contributed by atoms with Crippen LogP contribution in [-0.2, 0) is 6.42 Å². The van der Waals surface area contributed by atoms with Crippen molar-refractivity contribution in [2.45, 2.75) is 18.9 Å². The summed E-state index contributed by atoms with van der Waals surface area (Å²) in [6, 6.07) is 25.0.